The van der Waals surface area contributed by atoms with Crippen LogP contribution in [0.25, 0.3) is 0 Å². The Hall–Kier alpha value is -1.34. The highest BCUT2D eigenvalue weighted by molar-refractivity contribution is 9.10. The molecule has 0 unspecified atom stereocenters. The normalized spacial score (nSPS) is 10.8. The molecule has 0 spiro atoms. The van der Waals surface area contributed by atoms with Crippen molar-refractivity contribution in [3.05, 3.63) is 34.3 Å². The predicted octanol–water partition coefficient (Wildman–Crippen LogP) is 2.15. The number of rotatable bonds is 1. The fraction of sp³-hybridized carbons (Fsp3) is 0. The number of nitriles is 1. The molecule has 0 aliphatic carbocycles. The summed E-state index contributed by atoms with van der Waals surface area (Å²) < 4.78 is 0.844. The van der Waals surface area contributed by atoms with Crippen LogP contribution in [0.3, 0.4) is 0 Å². The van der Waals surface area contributed by atoms with Crippen molar-refractivity contribution < 1.29 is 5.21 Å². The first kappa shape index (κ1) is 8.75. The number of hydrogen-bond acceptors (Lipinski definition) is 3. The van der Waals surface area contributed by atoms with Gasteiger partial charge in [-0.25, -0.2) is 0 Å². The molecule has 0 saturated carbocycles. The van der Waals surface area contributed by atoms with Gasteiger partial charge in [-0.15, -0.1) is 0 Å². The van der Waals surface area contributed by atoms with Crippen LogP contribution in [0.4, 0.5) is 0 Å². The number of benzene rings is 1. The first-order valence-electron chi connectivity index (χ1n) is 3.16. The lowest BCUT2D eigenvalue weighted by Gasteiger charge is -1.95. The van der Waals surface area contributed by atoms with Gasteiger partial charge in [-0.05, 0) is 12.1 Å². The fourth-order valence-electron chi connectivity index (χ4n) is 0.780. The number of oxime groups is 1. The highest BCUT2D eigenvalue weighted by Crippen LogP contribution is 2.11. The van der Waals surface area contributed by atoms with Gasteiger partial charge >= 0.3 is 0 Å². The van der Waals surface area contributed by atoms with E-state index >= 15 is 0 Å². The molecule has 3 nitrogen and oxygen atoms in total. The molecule has 0 aliphatic rings. The largest absolute Gasteiger partial charge is 0.410 e. The van der Waals surface area contributed by atoms with Crippen molar-refractivity contribution in [1.82, 2.24) is 0 Å². The van der Waals surface area contributed by atoms with Crippen LogP contribution in [-0.2, 0) is 0 Å². The molecule has 60 valence electrons. The zero-order valence-corrected chi connectivity index (χ0v) is 7.62. The molecule has 0 atom stereocenters. The molecule has 0 bridgehead atoms. The van der Waals surface area contributed by atoms with Crippen LogP contribution in [0.15, 0.2) is 33.9 Å². The first-order chi connectivity index (χ1) is 5.77. The topological polar surface area (TPSA) is 56.4 Å². The minimum atomic E-state index is 0.0105. The zero-order valence-electron chi connectivity index (χ0n) is 6.03. The Morgan fingerprint density at radius 2 is 2.33 bits per heavy atom. The molecule has 0 amide bonds. The average molecular weight is 225 g/mol. The Bertz CT molecular complexity index is 354. The molecule has 0 radical (unpaired) electrons. The van der Waals surface area contributed by atoms with Gasteiger partial charge < -0.3 is 5.21 Å². The van der Waals surface area contributed by atoms with E-state index in [0.29, 0.717) is 5.56 Å². The summed E-state index contributed by atoms with van der Waals surface area (Å²) in [5, 5.41) is 19.8. The van der Waals surface area contributed by atoms with E-state index in [2.05, 4.69) is 21.1 Å². The standard InChI is InChI=1S/C8H5BrN2O/c9-7-3-1-2-6(4-7)8(5-10)11-12/h1-4,12H/b11-8+. The summed E-state index contributed by atoms with van der Waals surface area (Å²) >= 11 is 3.24. The van der Waals surface area contributed by atoms with Crippen LogP contribution in [-0.4, -0.2) is 10.9 Å². The third kappa shape index (κ3) is 1.83. The molecule has 0 fully saturated rings. The Morgan fingerprint density at radius 3 is 2.83 bits per heavy atom. The number of hydrogen-bond donors (Lipinski definition) is 1. The number of nitrogens with zero attached hydrogens (tertiary/aromatic N) is 2. The van der Waals surface area contributed by atoms with E-state index in [1.165, 1.54) is 0 Å². The highest BCUT2D eigenvalue weighted by Gasteiger charge is 2.01. The molecule has 4 heteroatoms. The summed E-state index contributed by atoms with van der Waals surface area (Å²) in [6.45, 7) is 0. The molecule has 1 N–H and O–H groups in total. The van der Waals surface area contributed by atoms with Gasteiger partial charge in [0.1, 0.15) is 6.07 Å². The van der Waals surface area contributed by atoms with Crippen LogP contribution < -0.4 is 0 Å². The van der Waals surface area contributed by atoms with Crippen molar-refractivity contribution in [1.29, 1.82) is 5.26 Å². The van der Waals surface area contributed by atoms with Gasteiger partial charge in [0.05, 0.1) is 0 Å². The van der Waals surface area contributed by atoms with Gasteiger partial charge in [0.2, 0.25) is 0 Å². The summed E-state index contributed by atoms with van der Waals surface area (Å²) in [5.41, 5.74) is 0.602. The summed E-state index contributed by atoms with van der Waals surface area (Å²) in [7, 11) is 0. The van der Waals surface area contributed by atoms with E-state index in [4.69, 9.17) is 10.5 Å². The van der Waals surface area contributed by atoms with Gasteiger partial charge in [0, 0.05) is 10.0 Å². The average Bonchev–Trinajstić information content (AvgIpc) is 2.07. The maximum absolute atomic E-state index is 8.51. The highest BCUT2D eigenvalue weighted by atomic mass is 79.9. The molecule has 0 aromatic heterocycles. The maximum atomic E-state index is 8.51. The monoisotopic (exact) mass is 224 g/mol. The van der Waals surface area contributed by atoms with Crippen LogP contribution in [0.2, 0.25) is 0 Å². The lowest BCUT2D eigenvalue weighted by molar-refractivity contribution is 0.320. The SMILES string of the molecule is N#C/C(=N\O)c1cccc(Br)c1. The molecule has 1 aromatic carbocycles. The Kier molecular flexibility index (Phi) is 2.83. The lowest BCUT2D eigenvalue weighted by Crippen LogP contribution is -1.95. The molecule has 1 aromatic rings. The quantitative estimate of drug-likeness (QED) is 0.452. The predicted molar refractivity (Wildman–Crippen MR) is 48.1 cm³/mol. The van der Waals surface area contributed by atoms with Gasteiger partial charge in [0.25, 0.3) is 0 Å². The van der Waals surface area contributed by atoms with Crippen molar-refractivity contribution in [3.8, 4) is 6.07 Å². The zero-order chi connectivity index (χ0) is 8.97. The third-order valence-corrected chi connectivity index (χ3v) is 1.80. The van der Waals surface area contributed by atoms with Crippen molar-refractivity contribution in [3.63, 3.8) is 0 Å². The summed E-state index contributed by atoms with van der Waals surface area (Å²) in [4.78, 5) is 0. The van der Waals surface area contributed by atoms with E-state index in [0.717, 1.165) is 4.47 Å². The summed E-state index contributed by atoms with van der Waals surface area (Å²) in [6, 6.07) is 8.77. The second-order valence-corrected chi connectivity index (χ2v) is 2.99. The molecular weight excluding hydrogens is 220 g/mol. The second kappa shape index (κ2) is 3.88. The van der Waals surface area contributed by atoms with Gasteiger partial charge in [-0.3, -0.25) is 0 Å². The van der Waals surface area contributed by atoms with Gasteiger partial charge in [-0.2, -0.15) is 5.26 Å². The number of halogens is 1. The minimum Gasteiger partial charge on any atom is -0.410 e. The van der Waals surface area contributed by atoms with Crippen molar-refractivity contribution in [2.75, 3.05) is 0 Å². The van der Waals surface area contributed by atoms with Crippen LogP contribution in [0.5, 0.6) is 0 Å². The Balaban J connectivity index is 3.13. The van der Waals surface area contributed by atoms with E-state index in [-0.39, 0.29) is 5.71 Å². The minimum absolute atomic E-state index is 0.0105. The molecule has 12 heavy (non-hydrogen) atoms. The van der Waals surface area contributed by atoms with Crippen molar-refractivity contribution in [2.45, 2.75) is 0 Å². The molecule has 1 rings (SSSR count). The first-order valence-corrected chi connectivity index (χ1v) is 3.95. The van der Waals surface area contributed by atoms with E-state index < -0.39 is 0 Å². The van der Waals surface area contributed by atoms with Crippen LogP contribution >= 0.6 is 15.9 Å². The van der Waals surface area contributed by atoms with Crippen LogP contribution in [0, 0.1) is 11.3 Å². The smallest absolute Gasteiger partial charge is 0.186 e. The van der Waals surface area contributed by atoms with E-state index in [9.17, 15) is 0 Å². The van der Waals surface area contributed by atoms with Crippen LogP contribution in [0.1, 0.15) is 5.56 Å². The van der Waals surface area contributed by atoms with E-state index in [1.54, 1.807) is 24.3 Å². The van der Waals surface area contributed by atoms with Gasteiger partial charge in [0.15, 0.2) is 5.71 Å². The van der Waals surface area contributed by atoms with E-state index in [1.807, 2.05) is 6.07 Å². The lowest BCUT2D eigenvalue weighted by atomic mass is 10.1. The molecule has 0 heterocycles. The summed E-state index contributed by atoms with van der Waals surface area (Å²) in [6.07, 6.45) is 0. The van der Waals surface area contributed by atoms with Crippen molar-refractivity contribution in [2.24, 2.45) is 5.16 Å². The van der Waals surface area contributed by atoms with Gasteiger partial charge in [-0.1, -0.05) is 33.2 Å². The fourth-order valence-corrected chi connectivity index (χ4v) is 1.18. The molecular formula is C8H5BrN2O. The Labute approximate surface area is 78.1 Å². The molecule has 0 saturated heterocycles. The Morgan fingerprint density at radius 1 is 1.58 bits per heavy atom. The molecule has 0 aliphatic heterocycles. The van der Waals surface area contributed by atoms with Crippen molar-refractivity contribution >= 4 is 21.6 Å². The summed E-state index contributed by atoms with van der Waals surface area (Å²) in [5.74, 6) is 0. The second-order valence-electron chi connectivity index (χ2n) is 2.07. The maximum Gasteiger partial charge on any atom is 0.186 e. The third-order valence-electron chi connectivity index (χ3n) is 1.30.